The number of nitrogens with two attached hydrogens (primary N) is 1. The molecule has 7 N–H and O–H groups in total. The maximum absolute atomic E-state index is 12.8. The van der Waals surface area contributed by atoms with Gasteiger partial charge in [0.05, 0.1) is 6.04 Å². The number of carbonyl (C=O) groups excluding carboxylic acids is 3. The van der Waals surface area contributed by atoms with Crippen molar-refractivity contribution in [1.29, 1.82) is 0 Å². The first-order valence-corrected chi connectivity index (χ1v) is 11.2. The second-order valence-electron chi connectivity index (χ2n) is 7.86. The van der Waals surface area contributed by atoms with E-state index in [0.717, 1.165) is 0 Å². The first-order chi connectivity index (χ1) is 14.9. The van der Waals surface area contributed by atoms with Gasteiger partial charge in [0.2, 0.25) is 17.7 Å². The third-order valence-corrected chi connectivity index (χ3v) is 5.76. The molecule has 0 heterocycles. The Hall–Kier alpha value is -2.34. The maximum atomic E-state index is 12.8. The van der Waals surface area contributed by atoms with Crippen molar-refractivity contribution in [2.75, 3.05) is 5.75 Å². The van der Waals surface area contributed by atoms with Crippen LogP contribution in [0.1, 0.15) is 53.4 Å². The highest BCUT2D eigenvalue weighted by Gasteiger charge is 2.33. The van der Waals surface area contributed by atoms with Crippen LogP contribution in [0.3, 0.4) is 0 Å². The van der Waals surface area contributed by atoms with Gasteiger partial charge in [-0.15, -0.1) is 0 Å². The average molecular weight is 477 g/mol. The molecule has 0 aromatic heterocycles. The molecule has 3 amide bonds. The number of hydrogen-bond acceptors (Lipinski definition) is 7. The second-order valence-corrected chi connectivity index (χ2v) is 8.23. The molecule has 11 nitrogen and oxygen atoms in total. The highest BCUT2D eigenvalue weighted by atomic mass is 32.1. The topological polar surface area (TPSA) is 188 Å². The van der Waals surface area contributed by atoms with Crippen LogP contribution in [-0.2, 0) is 24.0 Å². The summed E-state index contributed by atoms with van der Waals surface area (Å²) in [5, 5.41) is 25.6. The average Bonchev–Trinajstić information content (AvgIpc) is 2.75. The predicted molar refractivity (Wildman–Crippen MR) is 121 cm³/mol. The van der Waals surface area contributed by atoms with Gasteiger partial charge in [-0.25, -0.2) is 4.79 Å². The molecule has 6 unspecified atom stereocenters. The Bertz CT molecular complexity index is 676. The van der Waals surface area contributed by atoms with E-state index in [-0.39, 0.29) is 30.4 Å². The molecule has 0 saturated carbocycles. The molecule has 32 heavy (non-hydrogen) atoms. The standard InChI is InChI=1S/C20H36N4O7S/c1-5-10(3)15(19(29)24-16(20(30)31)11(4)6-2)23-18(28)13(9-32)22-17(27)12(21)7-8-14(25)26/h10-13,15-16,32H,5-9,21H2,1-4H3,(H,22,27)(H,23,28)(H,24,29)(H,25,26)(H,30,31). The van der Waals surface area contributed by atoms with Crippen LogP contribution in [0.5, 0.6) is 0 Å². The van der Waals surface area contributed by atoms with Crippen molar-refractivity contribution in [2.45, 2.75) is 77.5 Å². The van der Waals surface area contributed by atoms with Crippen LogP contribution in [0, 0.1) is 11.8 Å². The summed E-state index contributed by atoms with van der Waals surface area (Å²) in [7, 11) is 0. The molecule has 0 rings (SSSR count). The van der Waals surface area contributed by atoms with Crippen molar-refractivity contribution < 1.29 is 34.2 Å². The van der Waals surface area contributed by atoms with E-state index in [1.54, 1.807) is 13.8 Å². The molecule has 0 aliphatic carbocycles. The lowest BCUT2D eigenvalue weighted by molar-refractivity contribution is -0.144. The van der Waals surface area contributed by atoms with E-state index < -0.39 is 53.8 Å². The van der Waals surface area contributed by atoms with Gasteiger partial charge in [-0.05, 0) is 18.3 Å². The third kappa shape index (κ3) is 9.86. The Balaban J connectivity index is 5.32. The smallest absolute Gasteiger partial charge is 0.326 e. The minimum absolute atomic E-state index is 0.0946. The maximum Gasteiger partial charge on any atom is 0.326 e. The molecule has 0 aliphatic heterocycles. The van der Waals surface area contributed by atoms with Crippen molar-refractivity contribution in [3.63, 3.8) is 0 Å². The lowest BCUT2D eigenvalue weighted by Gasteiger charge is -2.29. The molecule has 184 valence electrons. The van der Waals surface area contributed by atoms with E-state index in [1.807, 2.05) is 13.8 Å². The van der Waals surface area contributed by atoms with Crippen molar-refractivity contribution in [3.05, 3.63) is 0 Å². The zero-order valence-corrected chi connectivity index (χ0v) is 19.9. The highest BCUT2D eigenvalue weighted by molar-refractivity contribution is 7.80. The van der Waals surface area contributed by atoms with Gasteiger partial charge in [0.25, 0.3) is 0 Å². The van der Waals surface area contributed by atoms with E-state index in [4.69, 9.17) is 10.8 Å². The Morgan fingerprint density at radius 3 is 1.78 bits per heavy atom. The van der Waals surface area contributed by atoms with Gasteiger partial charge >= 0.3 is 11.9 Å². The summed E-state index contributed by atoms with van der Waals surface area (Å²) in [6, 6.07) is -4.38. The molecule has 0 aliphatic rings. The van der Waals surface area contributed by atoms with Crippen LogP contribution in [0.25, 0.3) is 0 Å². The number of hydrogen-bond donors (Lipinski definition) is 7. The fraction of sp³-hybridized carbons (Fsp3) is 0.750. The SMILES string of the molecule is CCC(C)C(NC(=O)C(NC(=O)C(CS)NC(=O)C(N)CCC(=O)O)C(C)CC)C(=O)O. The highest BCUT2D eigenvalue weighted by Crippen LogP contribution is 2.12. The third-order valence-electron chi connectivity index (χ3n) is 5.39. The van der Waals surface area contributed by atoms with Gasteiger partial charge in [-0.3, -0.25) is 19.2 Å². The van der Waals surface area contributed by atoms with E-state index in [9.17, 15) is 29.1 Å². The fourth-order valence-corrected chi connectivity index (χ4v) is 3.02. The van der Waals surface area contributed by atoms with Gasteiger partial charge in [-0.2, -0.15) is 12.6 Å². The number of nitrogens with one attached hydrogen (secondary N) is 3. The monoisotopic (exact) mass is 476 g/mol. The number of carboxylic acids is 2. The molecule has 0 bridgehead atoms. The molecule has 6 atom stereocenters. The Kier molecular flexibility index (Phi) is 13.6. The number of rotatable bonds is 15. The molecule has 0 spiro atoms. The Morgan fingerprint density at radius 2 is 1.34 bits per heavy atom. The minimum Gasteiger partial charge on any atom is -0.481 e. The van der Waals surface area contributed by atoms with Crippen molar-refractivity contribution in [3.8, 4) is 0 Å². The summed E-state index contributed by atoms with van der Waals surface area (Å²) in [4.78, 5) is 59.9. The van der Waals surface area contributed by atoms with Gasteiger partial charge in [-0.1, -0.05) is 40.5 Å². The zero-order valence-electron chi connectivity index (χ0n) is 19.0. The fourth-order valence-electron chi connectivity index (χ4n) is 2.76. The Morgan fingerprint density at radius 1 is 0.844 bits per heavy atom. The van der Waals surface area contributed by atoms with E-state index >= 15 is 0 Å². The van der Waals surface area contributed by atoms with Crippen LogP contribution < -0.4 is 21.7 Å². The predicted octanol–water partition coefficient (Wildman–Crippen LogP) is -0.260. The number of aliphatic carboxylic acids is 2. The molecule has 0 aromatic rings. The van der Waals surface area contributed by atoms with Crippen molar-refractivity contribution in [2.24, 2.45) is 17.6 Å². The molecule has 0 fully saturated rings. The summed E-state index contributed by atoms with van der Waals surface area (Å²) < 4.78 is 0. The van der Waals surface area contributed by atoms with Gasteiger partial charge in [0.1, 0.15) is 18.1 Å². The van der Waals surface area contributed by atoms with Crippen LogP contribution in [-0.4, -0.2) is 69.8 Å². The second kappa shape index (κ2) is 14.7. The van der Waals surface area contributed by atoms with Crippen LogP contribution >= 0.6 is 12.6 Å². The molecule has 0 saturated heterocycles. The van der Waals surface area contributed by atoms with Crippen molar-refractivity contribution >= 4 is 42.3 Å². The zero-order chi connectivity index (χ0) is 25.0. The van der Waals surface area contributed by atoms with E-state index in [1.165, 1.54) is 0 Å². The van der Waals surface area contributed by atoms with Crippen molar-refractivity contribution in [1.82, 2.24) is 16.0 Å². The quantitative estimate of drug-likeness (QED) is 0.157. The largest absolute Gasteiger partial charge is 0.481 e. The number of thiol groups is 1. The summed E-state index contributed by atoms with van der Waals surface area (Å²) in [6.45, 7) is 7.07. The van der Waals surface area contributed by atoms with Gasteiger partial charge < -0.3 is 31.9 Å². The summed E-state index contributed by atoms with van der Waals surface area (Å²) in [6.07, 6.45) is 0.653. The first-order valence-electron chi connectivity index (χ1n) is 10.6. The van der Waals surface area contributed by atoms with Crippen LogP contribution in [0.4, 0.5) is 0 Å². The minimum atomic E-state index is -1.17. The molecule has 0 radical (unpaired) electrons. The number of amides is 3. The van der Waals surface area contributed by atoms with E-state index in [2.05, 4.69) is 28.6 Å². The van der Waals surface area contributed by atoms with Crippen LogP contribution in [0.2, 0.25) is 0 Å². The van der Waals surface area contributed by atoms with Gasteiger partial charge in [0.15, 0.2) is 0 Å². The first kappa shape index (κ1) is 29.7. The van der Waals surface area contributed by atoms with E-state index in [0.29, 0.717) is 12.8 Å². The molecule has 0 aromatic carbocycles. The number of carbonyl (C=O) groups is 5. The van der Waals surface area contributed by atoms with Gasteiger partial charge in [0, 0.05) is 12.2 Å². The summed E-state index contributed by atoms with van der Waals surface area (Å²) >= 11 is 4.06. The molecular weight excluding hydrogens is 440 g/mol. The van der Waals surface area contributed by atoms with Crippen LogP contribution in [0.15, 0.2) is 0 Å². The lowest BCUT2D eigenvalue weighted by atomic mass is 9.95. The Labute approximate surface area is 193 Å². The molecular formula is C20H36N4O7S. The summed E-state index contributed by atoms with van der Waals surface area (Å²) in [5.41, 5.74) is 5.66. The summed E-state index contributed by atoms with van der Waals surface area (Å²) in [5.74, 6) is -5.04. The number of carboxylic acid groups (broad SMARTS) is 2. The molecule has 12 heteroatoms. The normalized spacial score (nSPS) is 16.6. The lowest BCUT2D eigenvalue weighted by Crippen LogP contribution is -2.59.